The third kappa shape index (κ3) is 10.4. The highest BCUT2D eigenvalue weighted by Crippen LogP contribution is 2.40. The van der Waals surface area contributed by atoms with Crippen molar-refractivity contribution in [2.24, 2.45) is 5.41 Å². The van der Waals surface area contributed by atoms with Crippen LogP contribution in [0.5, 0.6) is 5.75 Å². The van der Waals surface area contributed by atoms with Gasteiger partial charge in [0.05, 0.1) is 12.3 Å². The molecule has 1 fully saturated rings. The van der Waals surface area contributed by atoms with Gasteiger partial charge in [0.1, 0.15) is 10.6 Å². The Kier molecular flexibility index (Phi) is 11.9. The van der Waals surface area contributed by atoms with Crippen LogP contribution in [0, 0.1) is 5.41 Å². The molecule has 3 heterocycles. The van der Waals surface area contributed by atoms with Gasteiger partial charge in [-0.05, 0) is 64.0 Å². The largest absolute Gasteiger partial charge is 0.492 e. The van der Waals surface area contributed by atoms with Crippen molar-refractivity contribution in [2.45, 2.75) is 56.5 Å². The predicted octanol–water partition coefficient (Wildman–Crippen LogP) is 4.42. The smallest absolute Gasteiger partial charge is 0.490 e. The fourth-order valence-corrected chi connectivity index (χ4v) is 6.15. The molecule has 0 amide bonds. The molecule has 0 radical (unpaired) electrons. The summed E-state index contributed by atoms with van der Waals surface area (Å²) in [5, 5.41) is 14.2. The molecule has 4 rings (SSSR count). The first kappa shape index (κ1) is 35.8. The maximum Gasteiger partial charge on any atom is 0.490 e. The number of carbonyl (C=O) groups is 2. The number of ether oxygens (including phenoxy) is 1. The highest BCUT2D eigenvalue weighted by atomic mass is 32.2. The Balaban J connectivity index is 0.000000384. The zero-order chi connectivity index (χ0) is 32.6. The second-order valence-electron chi connectivity index (χ2n) is 10.1. The molecule has 1 aromatic heterocycles. The zero-order valence-corrected chi connectivity index (χ0v) is 23.9. The minimum atomic E-state index is -5.08. The van der Waals surface area contributed by atoms with E-state index in [2.05, 4.69) is 9.88 Å². The van der Waals surface area contributed by atoms with Gasteiger partial charge in [0.15, 0.2) is 0 Å². The molecular weight excluding hydrogens is 612 g/mol. The maximum absolute atomic E-state index is 13.4. The third-order valence-corrected chi connectivity index (χ3v) is 8.61. The van der Waals surface area contributed by atoms with Gasteiger partial charge < -0.3 is 14.9 Å². The van der Waals surface area contributed by atoms with Crippen molar-refractivity contribution < 1.29 is 59.3 Å². The lowest BCUT2D eigenvalue weighted by atomic mass is 9.78. The number of para-hydroxylation sites is 1. The van der Waals surface area contributed by atoms with Gasteiger partial charge in [0, 0.05) is 30.7 Å². The van der Waals surface area contributed by atoms with Gasteiger partial charge in [0.25, 0.3) is 0 Å². The monoisotopic (exact) mass is 643 g/mol. The average Bonchev–Trinajstić information content (AvgIpc) is 2.91. The molecule has 43 heavy (non-hydrogen) atoms. The van der Waals surface area contributed by atoms with E-state index in [0.29, 0.717) is 18.9 Å². The van der Waals surface area contributed by atoms with E-state index in [1.165, 1.54) is 0 Å². The van der Waals surface area contributed by atoms with Gasteiger partial charge in [0.2, 0.25) is 10.0 Å². The van der Waals surface area contributed by atoms with Crippen LogP contribution in [0.15, 0.2) is 53.6 Å². The number of nitrogens with zero attached hydrogens (tertiary/aromatic N) is 3. The van der Waals surface area contributed by atoms with E-state index in [1.54, 1.807) is 22.5 Å². The number of carboxylic acid groups (broad SMARTS) is 2. The SMILES string of the molecule is CC(C)N1CC2(CCN(Cc3ccccn3)CC2)COc2ccccc2S1(=O)=O.O=C(O)C(F)(F)F.O=C(O)C(F)(F)F. The number of fused-ring (bicyclic) bond motifs is 1. The van der Waals surface area contributed by atoms with E-state index in [1.807, 2.05) is 44.3 Å². The van der Waals surface area contributed by atoms with Gasteiger partial charge >= 0.3 is 24.3 Å². The summed E-state index contributed by atoms with van der Waals surface area (Å²) in [5.41, 5.74) is 0.892. The number of likely N-dealkylation sites (tertiary alicyclic amines) is 1. The van der Waals surface area contributed by atoms with Crippen LogP contribution in [-0.4, -0.2) is 89.4 Å². The molecule has 2 aliphatic heterocycles. The number of sulfonamides is 1. The lowest BCUT2D eigenvalue weighted by molar-refractivity contribution is -0.193. The Morgan fingerprint density at radius 3 is 1.93 bits per heavy atom. The molecule has 1 saturated heterocycles. The molecule has 2 aliphatic rings. The van der Waals surface area contributed by atoms with Gasteiger partial charge in [-0.3, -0.25) is 9.88 Å². The molecule has 0 saturated carbocycles. The lowest BCUT2D eigenvalue weighted by Gasteiger charge is -2.45. The Labute approximate surface area is 243 Å². The molecule has 2 N–H and O–H groups in total. The summed E-state index contributed by atoms with van der Waals surface area (Å²) in [7, 11) is -3.59. The second-order valence-corrected chi connectivity index (χ2v) is 11.9. The number of alkyl halides is 6. The normalized spacial score (nSPS) is 18.4. The Bertz CT molecular complexity index is 1310. The quantitative estimate of drug-likeness (QED) is 0.466. The molecular formula is C26H31F6N3O7S. The van der Waals surface area contributed by atoms with Gasteiger partial charge in [-0.1, -0.05) is 18.2 Å². The first-order valence-corrected chi connectivity index (χ1v) is 14.2. The molecule has 1 spiro atoms. The summed E-state index contributed by atoms with van der Waals surface area (Å²) >= 11 is 0. The highest BCUT2D eigenvalue weighted by molar-refractivity contribution is 7.89. The fourth-order valence-electron chi connectivity index (χ4n) is 4.27. The van der Waals surface area contributed by atoms with Crippen molar-refractivity contribution in [3.05, 3.63) is 54.4 Å². The molecule has 17 heteroatoms. The van der Waals surface area contributed by atoms with Crippen LogP contribution in [0.2, 0.25) is 0 Å². The number of rotatable bonds is 3. The summed E-state index contributed by atoms with van der Waals surface area (Å²) in [4.78, 5) is 24.9. The number of aromatic nitrogens is 1. The van der Waals surface area contributed by atoms with E-state index in [4.69, 9.17) is 24.5 Å². The zero-order valence-electron chi connectivity index (χ0n) is 23.1. The van der Waals surface area contributed by atoms with Gasteiger partial charge in [-0.15, -0.1) is 0 Å². The van der Waals surface area contributed by atoms with Crippen molar-refractivity contribution in [3.63, 3.8) is 0 Å². The van der Waals surface area contributed by atoms with E-state index in [0.717, 1.165) is 38.2 Å². The number of halogens is 6. The summed E-state index contributed by atoms with van der Waals surface area (Å²) < 4.78 is 98.0. The Hall–Kier alpha value is -3.44. The molecule has 0 bridgehead atoms. The van der Waals surface area contributed by atoms with Crippen LogP contribution >= 0.6 is 0 Å². The lowest BCUT2D eigenvalue weighted by Crippen LogP contribution is -2.53. The number of hydrogen-bond acceptors (Lipinski definition) is 7. The number of benzene rings is 1. The maximum atomic E-state index is 13.4. The molecule has 1 aromatic carbocycles. The van der Waals surface area contributed by atoms with Crippen LogP contribution in [-0.2, 0) is 26.2 Å². The van der Waals surface area contributed by atoms with Crippen molar-refractivity contribution in [1.29, 1.82) is 0 Å². The van der Waals surface area contributed by atoms with Crippen LogP contribution in [0.1, 0.15) is 32.4 Å². The van der Waals surface area contributed by atoms with Crippen molar-refractivity contribution >= 4 is 22.0 Å². The van der Waals surface area contributed by atoms with E-state index in [-0.39, 0.29) is 16.4 Å². The van der Waals surface area contributed by atoms with Crippen molar-refractivity contribution in [2.75, 3.05) is 26.2 Å². The van der Waals surface area contributed by atoms with Crippen LogP contribution in [0.25, 0.3) is 0 Å². The Morgan fingerprint density at radius 2 is 1.47 bits per heavy atom. The molecule has 0 aliphatic carbocycles. The first-order valence-electron chi connectivity index (χ1n) is 12.7. The summed E-state index contributed by atoms with van der Waals surface area (Å²) in [6.07, 6.45) is -6.53. The van der Waals surface area contributed by atoms with Crippen molar-refractivity contribution in [3.8, 4) is 5.75 Å². The second kappa shape index (κ2) is 14.4. The third-order valence-electron chi connectivity index (χ3n) is 6.55. The number of pyridine rings is 1. The number of carboxylic acids is 2. The molecule has 10 nitrogen and oxygen atoms in total. The fraction of sp³-hybridized carbons (Fsp3) is 0.500. The van der Waals surface area contributed by atoms with Crippen molar-refractivity contribution in [1.82, 2.24) is 14.2 Å². The van der Waals surface area contributed by atoms with E-state index in [9.17, 15) is 34.8 Å². The molecule has 0 atom stereocenters. The summed E-state index contributed by atoms with van der Waals surface area (Å²) in [6.45, 7) is 7.59. The van der Waals surface area contributed by atoms with Crippen LogP contribution < -0.4 is 4.74 Å². The number of piperidine rings is 1. The standard InChI is InChI=1S/C22H29N3O3S.2C2HF3O2/c1-18(2)25-16-22(17-28-20-8-3-4-9-21(20)29(25,26)27)10-13-24(14-11-22)15-19-7-5-6-12-23-19;2*3-2(4,5)1(6)7/h3-9,12,18H,10-11,13-17H2,1-2H3;2*(H,6,7). The summed E-state index contributed by atoms with van der Waals surface area (Å²) in [6, 6.07) is 12.9. The average molecular weight is 644 g/mol. The van der Waals surface area contributed by atoms with E-state index >= 15 is 0 Å². The molecule has 240 valence electrons. The van der Waals surface area contributed by atoms with Crippen LogP contribution in [0.3, 0.4) is 0 Å². The van der Waals surface area contributed by atoms with Crippen LogP contribution in [0.4, 0.5) is 26.3 Å². The predicted molar refractivity (Wildman–Crippen MR) is 140 cm³/mol. The summed E-state index contributed by atoms with van der Waals surface area (Å²) in [5.74, 6) is -5.05. The number of aliphatic carboxylic acids is 2. The minimum Gasteiger partial charge on any atom is -0.492 e. The van der Waals surface area contributed by atoms with Gasteiger partial charge in [-0.2, -0.15) is 30.6 Å². The number of hydrogen-bond donors (Lipinski definition) is 2. The highest BCUT2D eigenvalue weighted by Gasteiger charge is 2.44. The Morgan fingerprint density at radius 1 is 0.953 bits per heavy atom. The molecule has 0 unspecified atom stereocenters. The van der Waals surface area contributed by atoms with E-state index < -0.39 is 34.3 Å². The topological polar surface area (TPSA) is 137 Å². The van der Waals surface area contributed by atoms with Gasteiger partial charge in [-0.25, -0.2) is 18.0 Å². The first-order chi connectivity index (χ1) is 19.8. The molecule has 2 aromatic rings. The minimum absolute atomic E-state index is 0.102.